The Bertz CT molecular complexity index is 455. The maximum absolute atomic E-state index is 10.7. The van der Waals surface area contributed by atoms with Gasteiger partial charge in [-0.3, -0.25) is 25.0 Å². The van der Waals surface area contributed by atoms with E-state index in [-0.39, 0.29) is 19.3 Å². The lowest BCUT2D eigenvalue weighted by molar-refractivity contribution is -0.142. The summed E-state index contributed by atoms with van der Waals surface area (Å²) in [7, 11) is 0. The van der Waals surface area contributed by atoms with Gasteiger partial charge in [0.05, 0.1) is 43.5 Å². The second-order valence-electron chi connectivity index (χ2n) is 6.02. The van der Waals surface area contributed by atoms with Crippen molar-refractivity contribution in [2.75, 3.05) is 13.1 Å². The number of hydrogen-bond acceptors (Lipinski definition) is 8. The van der Waals surface area contributed by atoms with Gasteiger partial charge in [-0.15, -0.1) is 0 Å². The van der Waals surface area contributed by atoms with Crippen LogP contribution in [0.1, 0.15) is 19.3 Å². The van der Waals surface area contributed by atoms with Gasteiger partial charge in [0.25, 0.3) is 0 Å². The number of carboxylic acids is 3. The summed E-state index contributed by atoms with van der Waals surface area (Å²) in [5, 5.41) is 62.2. The summed E-state index contributed by atoms with van der Waals surface area (Å²) in [6, 6.07) is -2.25. The second-order valence-corrected chi connectivity index (χ2v) is 6.02. The SMILES string of the molecule is O=C(O)CCCC1[C@@H](O)[C@@H](NCC(=O)O)C(O)[C@@H](NCC(=O)O)[C@H]1O. The lowest BCUT2D eigenvalue weighted by Gasteiger charge is -2.46. The monoisotopic (exact) mass is 364 g/mol. The molecule has 6 atom stereocenters. The van der Waals surface area contributed by atoms with Crippen molar-refractivity contribution in [3.05, 3.63) is 0 Å². The molecule has 144 valence electrons. The van der Waals surface area contributed by atoms with E-state index in [9.17, 15) is 29.7 Å². The number of aliphatic hydroxyl groups is 3. The Morgan fingerprint density at radius 1 is 0.720 bits per heavy atom. The van der Waals surface area contributed by atoms with Gasteiger partial charge in [0.15, 0.2) is 0 Å². The zero-order chi connectivity index (χ0) is 19.1. The molecule has 11 nitrogen and oxygen atoms in total. The van der Waals surface area contributed by atoms with E-state index < -0.39 is 67.3 Å². The minimum atomic E-state index is -1.44. The van der Waals surface area contributed by atoms with Crippen LogP contribution < -0.4 is 10.6 Å². The van der Waals surface area contributed by atoms with Crippen molar-refractivity contribution in [1.29, 1.82) is 0 Å². The molecule has 0 spiro atoms. The van der Waals surface area contributed by atoms with E-state index in [1.165, 1.54) is 0 Å². The highest BCUT2D eigenvalue weighted by Crippen LogP contribution is 2.30. The van der Waals surface area contributed by atoms with Gasteiger partial charge in [0.1, 0.15) is 0 Å². The Hall–Kier alpha value is -1.79. The quantitative estimate of drug-likeness (QED) is 0.197. The van der Waals surface area contributed by atoms with Gasteiger partial charge in [-0.1, -0.05) is 0 Å². The molecule has 0 amide bonds. The molecule has 25 heavy (non-hydrogen) atoms. The number of aliphatic carboxylic acids is 3. The summed E-state index contributed by atoms with van der Waals surface area (Å²) < 4.78 is 0. The number of aliphatic hydroxyl groups excluding tert-OH is 3. The second kappa shape index (κ2) is 9.63. The van der Waals surface area contributed by atoms with E-state index >= 15 is 0 Å². The third-order valence-electron chi connectivity index (χ3n) is 4.26. The van der Waals surface area contributed by atoms with E-state index in [1.54, 1.807) is 0 Å². The Kier molecular flexibility index (Phi) is 8.19. The van der Waals surface area contributed by atoms with Crippen LogP contribution in [0.5, 0.6) is 0 Å². The van der Waals surface area contributed by atoms with Crippen molar-refractivity contribution in [3.8, 4) is 0 Å². The fourth-order valence-electron chi connectivity index (χ4n) is 3.09. The van der Waals surface area contributed by atoms with E-state index in [0.717, 1.165) is 0 Å². The fraction of sp³-hybridized carbons (Fsp3) is 0.786. The minimum absolute atomic E-state index is 0.109. The largest absolute Gasteiger partial charge is 0.481 e. The number of carboxylic acid groups (broad SMARTS) is 3. The molecular weight excluding hydrogens is 340 g/mol. The third kappa shape index (κ3) is 6.21. The molecule has 1 aliphatic carbocycles. The average Bonchev–Trinajstić information content (AvgIpc) is 2.49. The molecule has 0 saturated heterocycles. The van der Waals surface area contributed by atoms with Gasteiger partial charge in [-0.2, -0.15) is 0 Å². The Balaban J connectivity index is 2.90. The molecule has 0 aromatic heterocycles. The number of hydrogen-bond donors (Lipinski definition) is 8. The standard InChI is InChI=1S/C14H24N2O9/c17-7(18)3-1-2-6-12(23)10(15-4-8(19)20)14(25)11(13(6)24)16-5-9(21)22/h6,10-16,23-25H,1-5H2,(H,17,18)(H,19,20)(H,21,22)/t6?,10-,11+,12-,13+,14?. The van der Waals surface area contributed by atoms with Crippen LogP contribution >= 0.6 is 0 Å². The van der Waals surface area contributed by atoms with Crippen LogP contribution in [-0.2, 0) is 14.4 Å². The molecule has 0 aromatic carbocycles. The van der Waals surface area contributed by atoms with Crippen LogP contribution in [0.3, 0.4) is 0 Å². The summed E-state index contributed by atoms with van der Waals surface area (Å²) in [6.07, 6.45) is -4.03. The highest BCUT2D eigenvalue weighted by molar-refractivity contribution is 5.69. The molecule has 11 heteroatoms. The molecule has 8 N–H and O–H groups in total. The van der Waals surface area contributed by atoms with E-state index in [0.29, 0.717) is 0 Å². The van der Waals surface area contributed by atoms with Crippen molar-refractivity contribution < 1.29 is 45.0 Å². The number of nitrogens with one attached hydrogen (secondary N) is 2. The van der Waals surface area contributed by atoms with Crippen molar-refractivity contribution >= 4 is 17.9 Å². The first-order valence-electron chi connectivity index (χ1n) is 7.81. The lowest BCUT2D eigenvalue weighted by Crippen LogP contribution is -2.69. The number of rotatable bonds is 10. The molecule has 0 aromatic rings. The zero-order valence-electron chi connectivity index (χ0n) is 13.4. The van der Waals surface area contributed by atoms with Gasteiger partial charge in [-0.05, 0) is 12.8 Å². The molecule has 0 aliphatic heterocycles. The van der Waals surface area contributed by atoms with Crippen LogP contribution in [0.15, 0.2) is 0 Å². The van der Waals surface area contributed by atoms with Gasteiger partial charge in [0, 0.05) is 12.3 Å². The van der Waals surface area contributed by atoms with Crippen molar-refractivity contribution in [2.24, 2.45) is 5.92 Å². The summed E-state index contributed by atoms with van der Waals surface area (Å²) in [4.78, 5) is 32.0. The van der Waals surface area contributed by atoms with Crippen molar-refractivity contribution in [2.45, 2.75) is 49.7 Å². The maximum Gasteiger partial charge on any atom is 0.317 e. The summed E-state index contributed by atoms with van der Waals surface area (Å²) in [5.41, 5.74) is 0. The van der Waals surface area contributed by atoms with Crippen LogP contribution in [0.25, 0.3) is 0 Å². The van der Waals surface area contributed by atoms with Crippen LogP contribution in [0, 0.1) is 5.92 Å². The summed E-state index contributed by atoms with van der Waals surface area (Å²) in [6.45, 7) is -1.11. The van der Waals surface area contributed by atoms with Gasteiger partial charge in [-0.25, -0.2) is 0 Å². The Morgan fingerprint density at radius 3 is 1.52 bits per heavy atom. The Labute approximate surface area is 143 Å². The van der Waals surface area contributed by atoms with Crippen molar-refractivity contribution in [3.63, 3.8) is 0 Å². The fourth-order valence-corrected chi connectivity index (χ4v) is 3.09. The summed E-state index contributed by atoms with van der Waals surface area (Å²) >= 11 is 0. The first kappa shape index (κ1) is 21.3. The van der Waals surface area contributed by atoms with Gasteiger partial charge >= 0.3 is 17.9 Å². The van der Waals surface area contributed by atoms with Crippen LogP contribution in [0.2, 0.25) is 0 Å². The maximum atomic E-state index is 10.7. The lowest BCUT2D eigenvalue weighted by atomic mass is 9.73. The normalized spacial score (nSPS) is 32.3. The highest BCUT2D eigenvalue weighted by atomic mass is 16.4. The molecule has 1 saturated carbocycles. The topological polar surface area (TPSA) is 197 Å². The molecule has 0 radical (unpaired) electrons. The Morgan fingerprint density at radius 2 is 1.16 bits per heavy atom. The van der Waals surface area contributed by atoms with E-state index in [1.807, 2.05) is 0 Å². The van der Waals surface area contributed by atoms with E-state index in [4.69, 9.17) is 15.3 Å². The molecule has 0 bridgehead atoms. The molecule has 1 fully saturated rings. The highest BCUT2D eigenvalue weighted by Gasteiger charge is 2.48. The van der Waals surface area contributed by atoms with Gasteiger partial charge in [0.2, 0.25) is 0 Å². The first-order valence-corrected chi connectivity index (χ1v) is 7.81. The molecule has 2 unspecified atom stereocenters. The van der Waals surface area contributed by atoms with Crippen LogP contribution in [-0.4, -0.2) is 92.0 Å². The van der Waals surface area contributed by atoms with Crippen molar-refractivity contribution in [1.82, 2.24) is 10.6 Å². The molecule has 1 aliphatic rings. The smallest absolute Gasteiger partial charge is 0.317 e. The predicted molar refractivity (Wildman–Crippen MR) is 81.9 cm³/mol. The first-order chi connectivity index (χ1) is 11.6. The summed E-state index contributed by atoms with van der Waals surface area (Å²) in [5.74, 6) is -4.34. The zero-order valence-corrected chi connectivity index (χ0v) is 13.4. The predicted octanol–water partition coefficient (Wildman–Crippen LogP) is -2.96. The third-order valence-corrected chi connectivity index (χ3v) is 4.26. The van der Waals surface area contributed by atoms with Crippen LogP contribution in [0.4, 0.5) is 0 Å². The molecule has 0 heterocycles. The molecular formula is C14H24N2O9. The van der Waals surface area contributed by atoms with E-state index in [2.05, 4.69) is 10.6 Å². The average molecular weight is 364 g/mol. The minimum Gasteiger partial charge on any atom is -0.481 e. The molecule has 1 rings (SSSR count). The van der Waals surface area contributed by atoms with Gasteiger partial charge < -0.3 is 30.6 Å². The number of carbonyl (C=O) groups is 3.